The minimum atomic E-state index is -1.40. The van der Waals surface area contributed by atoms with Gasteiger partial charge in [-0.25, -0.2) is 9.59 Å². The number of nitrogens with one attached hydrogen (secondary N) is 1. The summed E-state index contributed by atoms with van der Waals surface area (Å²) in [5.74, 6) is -1.11. The number of hydrogen-bond donors (Lipinski definition) is 3. The average Bonchev–Trinajstić information content (AvgIpc) is 3.15. The van der Waals surface area contributed by atoms with Gasteiger partial charge in [0.05, 0.1) is 31.5 Å². The number of unbranched alkanes of at least 4 members (excludes halogenated alkanes) is 2. The Hall–Kier alpha value is -3.65. The number of nitrogens with zero attached hydrogens (tertiary/aromatic N) is 2. The van der Waals surface area contributed by atoms with Gasteiger partial charge in [-0.1, -0.05) is 30.1 Å². The molecular weight excluding hydrogens is 670 g/mol. The molecule has 1 aromatic carbocycles. The van der Waals surface area contributed by atoms with Gasteiger partial charge in [-0.2, -0.15) is 0 Å². The van der Waals surface area contributed by atoms with E-state index >= 15 is 0 Å². The van der Waals surface area contributed by atoms with Gasteiger partial charge < -0.3 is 49.0 Å². The topological polar surface area (TPSA) is 158 Å². The van der Waals surface area contributed by atoms with Crippen molar-refractivity contribution in [3.05, 3.63) is 48.1 Å². The van der Waals surface area contributed by atoms with Crippen LogP contribution in [0.1, 0.15) is 89.5 Å². The molecule has 2 amide bonds. The summed E-state index contributed by atoms with van der Waals surface area (Å²) in [4.78, 5) is 33.8. The Bertz CT molecular complexity index is 1430. The molecule has 2 fully saturated rings. The highest BCUT2D eigenvalue weighted by Gasteiger charge is 2.65. The highest BCUT2D eigenvalue weighted by molar-refractivity contribution is 6.03. The van der Waals surface area contributed by atoms with Gasteiger partial charge >= 0.3 is 12.2 Å². The predicted octanol–water partition coefficient (Wildman–Crippen LogP) is 6.04. The van der Waals surface area contributed by atoms with E-state index in [4.69, 9.17) is 33.7 Å². The van der Waals surface area contributed by atoms with Crippen LogP contribution in [-0.4, -0.2) is 97.8 Å². The second-order valence-electron chi connectivity index (χ2n) is 13.9. The van der Waals surface area contributed by atoms with Crippen LogP contribution < -0.4 is 14.8 Å². The maximum absolute atomic E-state index is 13.5. The summed E-state index contributed by atoms with van der Waals surface area (Å²) in [6.07, 6.45) is 9.82. The number of hydrogen-bond acceptors (Lipinski definition) is 11. The number of carbonyl (C=O) groups is 2. The van der Waals surface area contributed by atoms with Gasteiger partial charge in [0.2, 0.25) is 12.1 Å². The van der Waals surface area contributed by atoms with Crippen LogP contribution in [0.2, 0.25) is 0 Å². The molecule has 288 valence electrons. The number of allylic oxidation sites excluding steroid dienone is 1. The van der Waals surface area contributed by atoms with Crippen molar-refractivity contribution in [2.75, 3.05) is 46.6 Å². The van der Waals surface area contributed by atoms with Gasteiger partial charge in [-0.05, 0) is 88.0 Å². The number of aliphatic hydroxyl groups excluding tert-OH is 2. The number of aliphatic hydroxyl groups is 2. The summed E-state index contributed by atoms with van der Waals surface area (Å²) < 4.78 is 31.0. The Labute approximate surface area is 307 Å². The van der Waals surface area contributed by atoms with Gasteiger partial charge in [-0.15, -0.1) is 6.58 Å². The zero-order valence-electron chi connectivity index (χ0n) is 30.9. The molecule has 7 atom stereocenters. The van der Waals surface area contributed by atoms with Crippen LogP contribution in [0, 0.1) is 17.8 Å². The zero-order chi connectivity index (χ0) is 37.1. The Balaban J connectivity index is 1.74. The number of benzene rings is 1. The number of fused-ring (bicyclic) bond motifs is 2. The van der Waals surface area contributed by atoms with Crippen LogP contribution in [0.4, 0.5) is 9.59 Å². The Morgan fingerprint density at radius 2 is 1.92 bits per heavy atom. The minimum Gasteiger partial charge on any atom is -0.459 e. The molecule has 5 rings (SSSR count). The van der Waals surface area contributed by atoms with Crippen molar-refractivity contribution in [2.45, 2.75) is 102 Å². The first-order chi connectivity index (χ1) is 25.3. The first kappa shape index (κ1) is 39.6. The molecule has 1 saturated heterocycles. The average molecular weight is 728 g/mol. The number of likely N-dealkylation sites (N-methyl/N-ethyl adjacent to an activating group) is 1. The Morgan fingerprint density at radius 1 is 1.13 bits per heavy atom. The third-order valence-electron chi connectivity index (χ3n) is 10.6. The fourth-order valence-electron chi connectivity index (χ4n) is 8.35. The first-order valence-electron chi connectivity index (χ1n) is 19.0. The maximum Gasteiger partial charge on any atom is 0.412 e. The van der Waals surface area contributed by atoms with E-state index in [0.717, 1.165) is 56.1 Å². The Kier molecular flexibility index (Phi) is 14.4. The molecular formula is C39H57N3O10. The number of carbonyl (C=O) groups excluding carboxylic acids is 2. The summed E-state index contributed by atoms with van der Waals surface area (Å²) in [6, 6.07) is 4.68. The van der Waals surface area contributed by atoms with E-state index in [1.54, 1.807) is 37.1 Å². The summed E-state index contributed by atoms with van der Waals surface area (Å²) in [6.45, 7) is 9.07. The highest BCUT2D eigenvalue weighted by Crippen LogP contribution is 2.61. The fourth-order valence-corrected chi connectivity index (χ4v) is 8.35. The van der Waals surface area contributed by atoms with Crippen molar-refractivity contribution >= 4 is 17.9 Å². The number of ether oxygens (including phenoxy) is 5. The van der Waals surface area contributed by atoms with Gasteiger partial charge in [0.15, 0.2) is 0 Å². The van der Waals surface area contributed by atoms with Crippen molar-refractivity contribution in [2.24, 2.45) is 22.9 Å². The summed E-state index contributed by atoms with van der Waals surface area (Å²) in [7, 11) is 1.69. The normalized spacial score (nSPS) is 28.4. The molecule has 2 heterocycles. The lowest BCUT2D eigenvalue weighted by molar-refractivity contribution is -0.254. The second-order valence-corrected chi connectivity index (χ2v) is 13.9. The van der Waals surface area contributed by atoms with E-state index in [-0.39, 0.29) is 50.6 Å². The number of amides is 2. The van der Waals surface area contributed by atoms with Crippen molar-refractivity contribution in [3.63, 3.8) is 0 Å². The van der Waals surface area contributed by atoms with Crippen molar-refractivity contribution < 1.29 is 48.3 Å². The van der Waals surface area contributed by atoms with Crippen molar-refractivity contribution in [1.82, 2.24) is 10.2 Å². The molecule has 4 aliphatic rings. The largest absolute Gasteiger partial charge is 0.459 e. The van der Waals surface area contributed by atoms with Gasteiger partial charge in [0.25, 0.3) is 0 Å². The second kappa shape index (κ2) is 18.9. The van der Waals surface area contributed by atoms with E-state index < -0.39 is 36.2 Å². The smallest absolute Gasteiger partial charge is 0.412 e. The van der Waals surface area contributed by atoms with E-state index in [2.05, 4.69) is 18.0 Å². The molecule has 52 heavy (non-hydrogen) atoms. The maximum atomic E-state index is 13.5. The third kappa shape index (κ3) is 8.75. The molecule has 13 nitrogen and oxygen atoms in total. The first-order valence-corrected chi connectivity index (χ1v) is 19.0. The van der Waals surface area contributed by atoms with Crippen LogP contribution in [0.3, 0.4) is 0 Å². The molecule has 0 radical (unpaired) electrons. The number of rotatable bonds is 17. The molecule has 1 saturated carbocycles. The summed E-state index contributed by atoms with van der Waals surface area (Å²) >= 11 is 0. The summed E-state index contributed by atoms with van der Waals surface area (Å²) in [5.41, 5.74) is 2.43. The molecule has 13 heteroatoms. The molecule has 2 aliphatic heterocycles. The van der Waals surface area contributed by atoms with E-state index in [9.17, 15) is 19.8 Å². The molecule has 2 aliphatic carbocycles. The SMILES string of the molecule is C=CCO[C@@]12Oc3ccc(OC(=O)NCC)cc3[C@H]3[C@H](CCCCO)[C@@H](CCCCO)C=C(C(=NOC4CCCCO4)C[C@@H]1N(C)C(=O)OCC)[C@H]32. The van der Waals surface area contributed by atoms with Crippen LogP contribution in [-0.2, 0) is 19.0 Å². The lowest BCUT2D eigenvalue weighted by Crippen LogP contribution is -2.69. The van der Waals surface area contributed by atoms with E-state index in [0.29, 0.717) is 43.2 Å². The van der Waals surface area contributed by atoms with E-state index in [1.807, 2.05) is 13.0 Å². The van der Waals surface area contributed by atoms with Crippen molar-refractivity contribution in [3.8, 4) is 11.5 Å². The Morgan fingerprint density at radius 3 is 2.62 bits per heavy atom. The zero-order valence-corrected chi connectivity index (χ0v) is 30.9. The lowest BCUT2D eigenvalue weighted by atomic mass is 9.55. The molecule has 0 spiro atoms. The third-order valence-corrected chi connectivity index (χ3v) is 10.6. The predicted molar refractivity (Wildman–Crippen MR) is 194 cm³/mol. The van der Waals surface area contributed by atoms with Crippen LogP contribution in [0.25, 0.3) is 0 Å². The van der Waals surface area contributed by atoms with Gasteiger partial charge in [0.1, 0.15) is 17.5 Å². The molecule has 1 unspecified atom stereocenters. The molecule has 0 bridgehead atoms. The van der Waals surface area contributed by atoms with Crippen molar-refractivity contribution in [1.29, 1.82) is 0 Å². The van der Waals surface area contributed by atoms with Crippen LogP contribution in [0.5, 0.6) is 11.5 Å². The van der Waals surface area contributed by atoms with E-state index in [1.165, 1.54) is 0 Å². The highest BCUT2D eigenvalue weighted by atomic mass is 16.8. The van der Waals surface area contributed by atoms with Crippen LogP contribution in [0.15, 0.2) is 47.7 Å². The standard InChI is InChI=1S/C39H57N3O10/c1-5-21-49-39-33(42(4)38(46)47-7-3)25-31(41-52-34-16-10-13-22-48-34)29-23-26(14-8-11-19-43)28(15-9-12-20-44)35(36(29)39)30-24-27(17-18-32(30)51-39)50-37(45)40-6-2/h5,17-18,23-24,26,28,33-36,43-44H,1,6-16,19-22,25H2,2-4H3,(H,40,45)/t26-,28+,33-,34?,35+,36+,39+/m0/s1. The molecule has 0 aromatic heterocycles. The molecule has 1 aromatic rings. The fraction of sp³-hybridized carbons (Fsp3) is 0.667. The monoisotopic (exact) mass is 727 g/mol. The lowest BCUT2D eigenvalue weighted by Gasteiger charge is -2.59. The molecule has 3 N–H and O–H groups in total. The van der Waals surface area contributed by atoms with Gasteiger partial charge in [-0.3, -0.25) is 0 Å². The summed E-state index contributed by atoms with van der Waals surface area (Å²) in [5, 5.41) is 27.0. The minimum absolute atomic E-state index is 0.0311. The number of oxime groups is 1. The van der Waals surface area contributed by atoms with Gasteiger partial charge in [0, 0.05) is 51.1 Å². The quantitative estimate of drug-likeness (QED) is 0.0982. The van der Waals surface area contributed by atoms with Crippen LogP contribution >= 0.6 is 0 Å².